The lowest BCUT2D eigenvalue weighted by Crippen LogP contribution is -2.45. The van der Waals surface area contributed by atoms with Crippen molar-refractivity contribution < 1.29 is 9.32 Å². The Morgan fingerprint density at radius 2 is 2.00 bits per heavy atom. The Labute approximate surface area is 171 Å². The van der Waals surface area contributed by atoms with E-state index in [1.165, 1.54) is 6.42 Å². The average Bonchev–Trinajstić information content (AvgIpc) is 3.26. The van der Waals surface area contributed by atoms with Crippen molar-refractivity contribution >= 4 is 11.9 Å². The van der Waals surface area contributed by atoms with Gasteiger partial charge in [-0.25, -0.2) is 9.97 Å². The highest BCUT2D eigenvalue weighted by Gasteiger charge is 2.43. The Balaban J connectivity index is 1.39. The monoisotopic (exact) mass is 398 g/mol. The molecule has 4 heterocycles. The summed E-state index contributed by atoms with van der Waals surface area (Å²) in [6.07, 6.45) is 7.20. The summed E-state index contributed by atoms with van der Waals surface area (Å²) in [4.78, 5) is 26.3. The van der Waals surface area contributed by atoms with Gasteiger partial charge in [-0.2, -0.15) is 0 Å². The zero-order valence-corrected chi connectivity index (χ0v) is 17.6. The van der Waals surface area contributed by atoms with Gasteiger partial charge in [0.1, 0.15) is 11.3 Å². The summed E-state index contributed by atoms with van der Waals surface area (Å²) in [5, 5.41) is 7.07. The molecule has 156 valence electrons. The highest BCUT2D eigenvalue weighted by Crippen LogP contribution is 2.40. The number of nitrogens with one attached hydrogen (secondary N) is 1. The predicted octanol–water partition coefficient (Wildman–Crippen LogP) is 2.64. The molecule has 2 aromatic rings. The number of aromatic nitrogens is 3. The van der Waals surface area contributed by atoms with E-state index in [4.69, 9.17) is 4.52 Å². The van der Waals surface area contributed by atoms with E-state index in [0.29, 0.717) is 23.0 Å². The number of hydrogen-bond donors (Lipinski definition) is 1. The molecule has 2 fully saturated rings. The molecule has 8 heteroatoms. The van der Waals surface area contributed by atoms with Crippen LogP contribution in [0.3, 0.4) is 0 Å². The third-order valence-electron chi connectivity index (χ3n) is 6.16. The number of aryl methyl sites for hydroxylation is 2. The first-order valence-electron chi connectivity index (χ1n) is 10.5. The smallest absolute Gasteiger partial charge is 0.259 e. The number of piperidine rings is 1. The predicted molar refractivity (Wildman–Crippen MR) is 110 cm³/mol. The number of anilines is 1. The molecule has 1 N–H and O–H groups in total. The molecule has 0 aromatic carbocycles. The van der Waals surface area contributed by atoms with Crippen LogP contribution in [-0.2, 0) is 6.54 Å². The third-order valence-corrected chi connectivity index (χ3v) is 6.16. The minimum atomic E-state index is 0.0580. The molecule has 2 aliphatic rings. The molecule has 1 atom stereocenters. The molecule has 2 saturated heterocycles. The standard InChI is InChI=1S/C21H30N6O2/c1-4-22-20-23-10-17(11-24-20)12-26-8-5-6-21(13-26)7-9-27(14-21)19(28)18-15(2)25-29-16(18)3/h10-11H,4-9,12-14H2,1-3H3,(H,22,23,24). The van der Waals surface area contributed by atoms with Crippen LogP contribution >= 0.6 is 0 Å². The SMILES string of the molecule is CCNc1ncc(CN2CCCC3(CCN(C(=O)c4c(C)noc4C)C3)C2)cn1. The molecule has 0 bridgehead atoms. The van der Waals surface area contributed by atoms with Crippen molar-refractivity contribution in [2.24, 2.45) is 5.41 Å². The van der Waals surface area contributed by atoms with Crippen LogP contribution in [0.1, 0.15) is 53.6 Å². The van der Waals surface area contributed by atoms with Crippen molar-refractivity contribution in [3.05, 3.63) is 35.0 Å². The Bertz CT molecular complexity index is 845. The minimum Gasteiger partial charge on any atom is -0.361 e. The summed E-state index contributed by atoms with van der Waals surface area (Å²) >= 11 is 0. The number of carbonyl (C=O) groups excluding carboxylic acids is 1. The van der Waals surface area contributed by atoms with Crippen molar-refractivity contribution in [3.63, 3.8) is 0 Å². The quantitative estimate of drug-likeness (QED) is 0.828. The van der Waals surface area contributed by atoms with E-state index in [9.17, 15) is 4.79 Å². The van der Waals surface area contributed by atoms with Gasteiger partial charge in [0, 0.05) is 56.1 Å². The number of hydrogen-bond acceptors (Lipinski definition) is 7. The first-order chi connectivity index (χ1) is 14.0. The van der Waals surface area contributed by atoms with Gasteiger partial charge in [0.25, 0.3) is 5.91 Å². The Kier molecular flexibility index (Phi) is 5.54. The second kappa shape index (κ2) is 8.10. The van der Waals surface area contributed by atoms with E-state index in [1.54, 1.807) is 0 Å². The van der Waals surface area contributed by atoms with Crippen LogP contribution in [0.5, 0.6) is 0 Å². The van der Waals surface area contributed by atoms with Crippen molar-refractivity contribution in [1.29, 1.82) is 0 Å². The van der Waals surface area contributed by atoms with E-state index < -0.39 is 0 Å². The highest BCUT2D eigenvalue weighted by atomic mass is 16.5. The van der Waals surface area contributed by atoms with Crippen molar-refractivity contribution in [3.8, 4) is 0 Å². The van der Waals surface area contributed by atoms with E-state index in [2.05, 4.69) is 25.3 Å². The Morgan fingerprint density at radius 1 is 1.21 bits per heavy atom. The summed E-state index contributed by atoms with van der Waals surface area (Å²) in [5.74, 6) is 1.35. The van der Waals surface area contributed by atoms with Gasteiger partial charge in [-0.1, -0.05) is 5.16 Å². The first kappa shape index (κ1) is 19.8. The molecule has 0 radical (unpaired) electrons. The van der Waals surface area contributed by atoms with Gasteiger partial charge in [0.2, 0.25) is 5.95 Å². The lowest BCUT2D eigenvalue weighted by atomic mass is 9.79. The molecular weight excluding hydrogens is 368 g/mol. The number of amides is 1. The normalized spacial score (nSPS) is 22.4. The minimum absolute atomic E-state index is 0.0580. The molecule has 29 heavy (non-hydrogen) atoms. The first-order valence-corrected chi connectivity index (χ1v) is 10.5. The van der Waals surface area contributed by atoms with Crippen LogP contribution in [0.25, 0.3) is 0 Å². The van der Waals surface area contributed by atoms with Gasteiger partial charge in [0.05, 0.1) is 5.69 Å². The molecule has 2 aliphatic heterocycles. The highest BCUT2D eigenvalue weighted by molar-refractivity contribution is 5.96. The van der Waals surface area contributed by atoms with Gasteiger partial charge in [0.15, 0.2) is 0 Å². The van der Waals surface area contributed by atoms with Gasteiger partial charge in [-0.15, -0.1) is 0 Å². The van der Waals surface area contributed by atoms with Gasteiger partial charge < -0.3 is 14.7 Å². The van der Waals surface area contributed by atoms with E-state index in [1.807, 2.05) is 38.1 Å². The molecule has 1 unspecified atom stereocenters. The maximum atomic E-state index is 13.0. The molecule has 1 spiro atoms. The molecular formula is C21H30N6O2. The largest absolute Gasteiger partial charge is 0.361 e. The van der Waals surface area contributed by atoms with Crippen molar-refractivity contribution in [2.45, 2.75) is 46.6 Å². The maximum absolute atomic E-state index is 13.0. The summed E-state index contributed by atoms with van der Waals surface area (Å²) < 4.78 is 5.20. The lowest BCUT2D eigenvalue weighted by Gasteiger charge is -2.40. The van der Waals surface area contributed by atoms with E-state index >= 15 is 0 Å². The average molecular weight is 399 g/mol. The van der Waals surface area contributed by atoms with E-state index in [-0.39, 0.29) is 11.3 Å². The summed E-state index contributed by atoms with van der Waals surface area (Å²) in [6, 6.07) is 0. The van der Waals surface area contributed by atoms with Crippen molar-refractivity contribution in [1.82, 2.24) is 24.9 Å². The molecule has 1 amide bonds. The second-order valence-corrected chi connectivity index (χ2v) is 8.44. The number of carbonyl (C=O) groups is 1. The fourth-order valence-electron chi connectivity index (χ4n) is 4.78. The molecule has 2 aromatic heterocycles. The number of nitrogens with zero attached hydrogens (tertiary/aromatic N) is 5. The fraction of sp³-hybridized carbons (Fsp3) is 0.619. The fourth-order valence-corrected chi connectivity index (χ4v) is 4.78. The van der Waals surface area contributed by atoms with Crippen molar-refractivity contribution in [2.75, 3.05) is 38.0 Å². The zero-order chi connectivity index (χ0) is 20.4. The molecule has 4 rings (SSSR count). The van der Waals surface area contributed by atoms with Crippen LogP contribution in [0.4, 0.5) is 5.95 Å². The van der Waals surface area contributed by atoms with Gasteiger partial charge in [-0.05, 0) is 46.6 Å². The van der Waals surface area contributed by atoms with Crippen LogP contribution in [0, 0.1) is 19.3 Å². The number of rotatable bonds is 5. The summed E-state index contributed by atoms with van der Waals surface area (Å²) in [5.41, 5.74) is 2.62. The Morgan fingerprint density at radius 3 is 2.69 bits per heavy atom. The molecule has 8 nitrogen and oxygen atoms in total. The second-order valence-electron chi connectivity index (χ2n) is 8.44. The van der Waals surface area contributed by atoms with Crippen LogP contribution < -0.4 is 5.32 Å². The summed E-state index contributed by atoms with van der Waals surface area (Å²) in [7, 11) is 0. The molecule has 0 saturated carbocycles. The maximum Gasteiger partial charge on any atom is 0.259 e. The van der Waals surface area contributed by atoms with Crippen LogP contribution in [-0.4, -0.2) is 63.6 Å². The Hall–Kier alpha value is -2.48. The summed E-state index contributed by atoms with van der Waals surface area (Å²) in [6.45, 7) is 11.0. The van der Waals surface area contributed by atoms with E-state index in [0.717, 1.165) is 57.7 Å². The zero-order valence-electron chi connectivity index (χ0n) is 17.6. The lowest BCUT2D eigenvalue weighted by molar-refractivity contribution is 0.0673. The van der Waals surface area contributed by atoms with Crippen LogP contribution in [0.15, 0.2) is 16.9 Å². The van der Waals surface area contributed by atoms with Gasteiger partial charge in [-0.3, -0.25) is 9.69 Å². The number of likely N-dealkylation sites (tertiary alicyclic amines) is 2. The van der Waals surface area contributed by atoms with Crippen LogP contribution in [0.2, 0.25) is 0 Å². The van der Waals surface area contributed by atoms with Gasteiger partial charge >= 0.3 is 0 Å². The third kappa shape index (κ3) is 4.12. The molecule has 0 aliphatic carbocycles. The topological polar surface area (TPSA) is 87.4 Å².